The highest BCUT2D eigenvalue weighted by molar-refractivity contribution is 9.10. The van der Waals surface area contributed by atoms with Gasteiger partial charge in [-0.25, -0.2) is 13.1 Å². The first-order valence-electron chi connectivity index (χ1n) is 10.3. The van der Waals surface area contributed by atoms with Crippen LogP contribution in [0.1, 0.15) is 33.4 Å². The molecule has 1 heterocycles. The molecule has 0 fully saturated rings. The van der Waals surface area contributed by atoms with Crippen LogP contribution in [0.2, 0.25) is 5.02 Å². The fourth-order valence-electron chi connectivity index (χ4n) is 3.08. The van der Waals surface area contributed by atoms with E-state index in [0.29, 0.717) is 10.8 Å². The summed E-state index contributed by atoms with van der Waals surface area (Å²) in [6, 6.07) is 15.2. The molecule has 3 aromatic rings. The van der Waals surface area contributed by atoms with E-state index in [9.17, 15) is 13.2 Å². The average molecular weight is 554 g/mol. The minimum absolute atomic E-state index is 0.126. The summed E-state index contributed by atoms with van der Waals surface area (Å²) < 4.78 is 29.6. The lowest BCUT2D eigenvalue weighted by molar-refractivity contribution is -0.116. The van der Waals surface area contributed by atoms with E-state index in [1.807, 2.05) is 20.8 Å². The SMILES string of the molecule is CCN(CC(=O)Nc1cc(C(C)(C)C)nn1-c1ccc(Cl)cc1)S(=O)(=O)c1ccc(Br)cc1. The van der Waals surface area contributed by atoms with Gasteiger partial charge in [0.15, 0.2) is 0 Å². The van der Waals surface area contributed by atoms with Crippen LogP contribution in [0.3, 0.4) is 0 Å². The van der Waals surface area contributed by atoms with Gasteiger partial charge in [-0.15, -0.1) is 0 Å². The van der Waals surface area contributed by atoms with Crippen molar-refractivity contribution in [1.29, 1.82) is 0 Å². The molecule has 0 aliphatic carbocycles. The molecule has 0 atom stereocenters. The normalized spacial score (nSPS) is 12.2. The Morgan fingerprint density at radius 1 is 1.12 bits per heavy atom. The van der Waals surface area contributed by atoms with Gasteiger partial charge in [0.25, 0.3) is 0 Å². The lowest BCUT2D eigenvalue weighted by atomic mass is 9.92. The van der Waals surface area contributed by atoms with Crippen molar-refractivity contribution in [3.8, 4) is 5.69 Å². The number of anilines is 1. The maximum atomic E-state index is 13.0. The van der Waals surface area contributed by atoms with Gasteiger partial charge in [-0.1, -0.05) is 55.2 Å². The smallest absolute Gasteiger partial charge is 0.243 e. The van der Waals surface area contributed by atoms with Gasteiger partial charge in [0, 0.05) is 27.5 Å². The Morgan fingerprint density at radius 2 is 1.73 bits per heavy atom. The van der Waals surface area contributed by atoms with E-state index >= 15 is 0 Å². The van der Waals surface area contributed by atoms with Gasteiger partial charge < -0.3 is 5.32 Å². The summed E-state index contributed by atoms with van der Waals surface area (Å²) in [6.45, 7) is 7.59. The second-order valence-corrected chi connectivity index (χ2v) is 11.8. The van der Waals surface area contributed by atoms with Crippen LogP contribution in [0.25, 0.3) is 5.69 Å². The number of aromatic nitrogens is 2. The van der Waals surface area contributed by atoms with E-state index in [1.54, 1.807) is 54.1 Å². The third-order valence-corrected chi connectivity index (χ3v) is 7.66. The summed E-state index contributed by atoms with van der Waals surface area (Å²) >= 11 is 9.31. The van der Waals surface area contributed by atoms with E-state index in [1.165, 1.54) is 12.1 Å². The molecule has 176 valence electrons. The Balaban J connectivity index is 1.87. The molecule has 0 unspecified atom stereocenters. The standard InChI is InChI=1S/C23H26BrClN4O3S/c1-5-28(33(31,32)19-12-6-16(24)7-13-19)15-22(30)26-21-14-20(23(2,3)4)27-29(21)18-10-8-17(25)9-11-18/h6-14H,5,15H2,1-4H3,(H,26,30). The molecule has 0 aliphatic heterocycles. The topological polar surface area (TPSA) is 84.3 Å². The Kier molecular flexibility index (Phi) is 7.68. The molecule has 0 bridgehead atoms. The number of nitrogens with one attached hydrogen (secondary N) is 1. The van der Waals surface area contributed by atoms with Crippen molar-refractivity contribution in [2.24, 2.45) is 0 Å². The Bertz CT molecular complexity index is 1230. The van der Waals surface area contributed by atoms with Crippen LogP contribution in [0, 0.1) is 0 Å². The summed E-state index contributed by atoms with van der Waals surface area (Å²) in [5, 5.41) is 8.08. The van der Waals surface area contributed by atoms with Gasteiger partial charge >= 0.3 is 0 Å². The maximum absolute atomic E-state index is 13.0. The van der Waals surface area contributed by atoms with Crippen molar-refractivity contribution >= 4 is 49.3 Å². The predicted octanol–water partition coefficient (Wildman–Crippen LogP) is 5.24. The molecular weight excluding hydrogens is 528 g/mol. The van der Waals surface area contributed by atoms with E-state index in [2.05, 4.69) is 26.3 Å². The molecule has 7 nitrogen and oxygen atoms in total. The third-order valence-electron chi connectivity index (χ3n) is 4.94. The van der Waals surface area contributed by atoms with Crippen molar-refractivity contribution in [3.63, 3.8) is 0 Å². The van der Waals surface area contributed by atoms with Crippen LogP contribution in [0.15, 0.2) is 64.0 Å². The van der Waals surface area contributed by atoms with Crippen molar-refractivity contribution in [2.75, 3.05) is 18.4 Å². The van der Waals surface area contributed by atoms with Crippen LogP contribution < -0.4 is 5.32 Å². The number of hydrogen-bond donors (Lipinski definition) is 1. The number of rotatable bonds is 7. The molecule has 0 radical (unpaired) electrons. The Labute approximate surface area is 207 Å². The summed E-state index contributed by atoms with van der Waals surface area (Å²) in [5.41, 5.74) is 1.25. The minimum Gasteiger partial charge on any atom is -0.309 e. The number of carbonyl (C=O) groups is 1. The molecule has 10 heteroatoms. The number of sulfonamides is 1. The maximum Gasteiger partial charge on any atom is 0.243 e. The first-order valence-corrected chi connectivity index (χ1v) is 12.9. The summed E-state index contributed by atoms with van der Waals surface area (Å²) in [5.74, 6) is -0.0163. The average Bonchev–Trinajstić information content (AvgIpc) is 3.17. The molecule has 1 aromatic heterocycles. The van der Waals surface area contributed by atoms with Gasteiger partial charge in [-0.05, 0) is 48.5 Å². The van der Waals surface area contributed by atoms with Gasteiger partial charge in [-0.2, -0.15) is 9.40 Å². The minimum atomic E-state index is -3.83. The molecule has 1 amide bonds. The highest BCUT2D eigenvalue weighted by atomic mass is 79.9. The van der Waals surface area contributed by atoms with E-state index < -0.39 is 15.9 Å². The second-order valence-electron chi connectivity index (χ2n) is 8.49. The zero-order valence-electron chi connectivity index (χ0n) is 18.8. The van der Waals surface area contributed by atoms with Crippen LogP contribution in [-0.4, -0.2) is 41.5 Å². The number of halogens is 2. The summed E-state index contributed by atoms with van der Waals surface area (Å²) in [7, 11) is -3.83. The first kappa shape index (κ1) is 25.4. The Morgan fingerprint density at radius 3 is 2.27 bits per heavy atom. The lowest BCUT2D eigenvalue weighted by Gasteiger charge is -2.20. The fraction of sp³-hybridized carbons (Fsp3) is 0.304. The monoisotopic (exact) mass is 552 g/mol. The molecule has 3 rings (SSSR count). The predicted molar refractivity (Wildman–Crippen MR) is 134 cm³/mol. The number of benzene rings is 2. The van der Waals surface area contributed by atoms with Crippen LogP contribution in [0.5, 0.6) is 0 Å². The van der Waals surface area contributed by atoms with Crippen LogP contribution in [-0.2, 0) is 20.2 Å². The molecule has 0 saturated heterocycles. The quantitative estimate of drug-likeness (QED) is 0.434. The van der Waals surface area contributed by atoms with E-state index in [0.717, 1.165) is 20.2 Å². The molecular formula is C23H26BrClN4O3S. The lowest BCUT2D eigenvalue weighted by Crippen LogP contribution is -2.38. The molecule has 33 heavy (non-hydrogen) atoms. The molecule has 2 aromatic carbocycles. The van der Waals surface area contributed by atoms with Crippen molar-refractivity contribution in [2.45, 2.75) is 38.0 Å². The molecule has 0 saturated carbocycles. The van der Waals surface area contributed by atoms with E-state index in [-0.39, 0.29) is 23.4 Å². The van der Waals surface area contributed by atoms with Crippen LogP contribution in [0.4, 0.5) is 5.82 Å². The largest absolute Gasteiger partial charge is 0.309 e. The van der Waals surface area contributed by atoms with Crippen molar-refractivity contribution < 1.29 is 13.2 Å². The Hall–Kier alpha value is -2.20. The highest BCUT2D eigenvalue weighted by Crippen LogP contribution is 2.27. The number of amides is 1. The molecule has 0 spiro atoms. The molecule has 1 N–H and O–H groups in total. The van der Waals surface area contributed by atoms with Gasteiger partial charge in [0.2, 0.25) is 15.9 Å². The van der Waals surface area contributed by atoms with Gasteiger partial charge in [0.05, 0.1) is 22.8 Å². The first-order chi connectivity index (χ1) is 15.4. The third kappa shape index (κ3) is 6.03. The highest BCUT2D eigenvalue weighted by Gasteiger charge is 2.27. The van der Waals surface area contributed by atoms with Crippen molar-refractivity contribution in [1.82, 2.24) is 14.1 Å². The summed E-state index contributed by atoms with van der Waals surface area (Å²) in [4.78, 5) is 13.0. The number of carbonyl (C=O) groups excluding carboxylic acids is 1. The number of likely N-dealkylation sites (N-methyl/N-ethyl adjacent to an activating group) is 1. The molecule has 0 aliphatic rings. The zero-order chi connectivity index (χ0) is 24.4. The zero-order valence-corrected chi connectivity index (χ0v) is 22.0. The number of hydrogen-bond acceptors (Lipinski definition) is 4. The number of nitrogens with zero attached hydrogens (tertiary/aromatic N) is 3. The van der Waals surface area contributed by atoms with Crippen molar-refractivity contribution in [3.05, 3.63) is 69.8 Å². The van der Waals surface area contributed by atoms with Gasteiger partial charge in [-0.3, -0.25) is 4.79 Å². The fourth-order valence-corrected chi connectivity index (χ4v) is 4.88. The van der Waals surface area contributed by atoms with Crippen LogP contribution >= 0.6 is 27.5 Å². The van der Waals surface area contributed by atoms with E-state index in [4.69, 9.17) is 11.6 Å². The summed E-state index contributed by atoms with van der Waals surface area (Å²) in [6.07, 6.45) is 0. The van der Waals surface area contributed by atoms with Gasteiger partial charge in [0.1, 0.15) is 5.82 Å². The second kappa shape index (κ2) is 9.97.